The van der Waals surface area contributed by atoms with E-state index in [1.807, 2.05) is 12.1 Å². The Bertz CT molecular complexity index is 646. The zero-order chi connectivity index (χ0) is 14.0. The Morgan fingerprint density at radius 1 is 1.00 bits per heavy atom. The molecule has 0 aliphatic carbocycles. The van der Waals surface area contributed by atoms with Crippen LogP contribution in [0.4, 0.5) is 5.69 Å². The van der Waals surface area contributed by atoms with Gasteiger partial charge >= 0.3 is 0 Å². The molecule has 2 nitrogen and oxygen atoms in total. The number of rotatable bonds is 2. The molecule has 0 spiro atoms. The molecule has 0 bridgehead atoms. The summed E-state index contributed by atoms with van der Waals surface area (Å²) in [7, 11) is 0. The normalized spacial score (nSPS) is 10.3. The average Bonchev–Trinajstić information content (AvgIpc) is 2.36. The van der Waals surface area contributed by atoms with Gasteiger partial charge in [0, 0.05) is 19.1 Å². The number of hydrogen-bond acceptors (Lipinski definition) is 1. The van der Waals surface area contributed by atoms with Gasteiger partial charge in [0.25, 0.3) is 5.91 Å². The smallest absolute Gasteiger partial charge is 0.256 e. The lowest BCUT2D eigenvalue weighted by atomic mass is 10.2. The largest absolute Gasteiger partial charge is 0.322 e. The van der Waals surface area contributed by atoms with Gasteiger partial charge in [0.15, 0.2) is 0 Å². The molecule has 0 atom stereocenters. The Morgan fingerprint density at radius 2 is 1.68 bits per heavy atom. The van der Waals surface area contributed by atoms with E-state index in [2.05, 4.69) is 53.1 Å². The van der Waals surface area contributed by atoms with Gasteiger partial charge in [0.1, 0.15) is 0 Å². The van der Waals surface area contributed by atoms with Crippen LogP contribution in [0.3, 0.4) is 0 Å². The van der Waals surface area contributed by atoms with Crippen LogP contribution in [0, 0.1) is 0 Å². The van der Waals surface area contributed by atoms with Gasteiger partial charge < -0.3 is 5.32 Å². The van der Waals surface area contributed by atoms with E-state index in [1.54, 1.807) is 24.3 Å². The maximum absolute atomic E-state index is 12.2. The number of hydrogen-bond donors (Lipinski definition) is 1. The lowest BCUT2D eigenvalue weighted by Crippen LogP contribution is -2.12. The molecule has 0 aliphatic heterocycles. The first-order chi connectivity index (χ1) is 8.97. The van der Waals surface area contributed by atoms with E-state index < -0.39 is 0 Å². The van der Waals surface area contributed by atoms with Gasteiger partial charge in [-0.1, -0.05) is 27.5 Å². The van der Waals surface area contributed by atoms with Crippen LogP contribution in [0.5, 0.6) is 0 Å². The highest BCUT2D eigenvalue weighted by molar-refractivity contribution is 9.11. The Morgan fingerprint density at radius 3 is 2.37 bits per heavy atom. The van der Waals surface area contributed by atoms with Gasteiger partial charge in [0.05, 0.1) is 10.6 Å². The molecule has 2 aromatic carbocycles. The molecular weight excluding hydrogens is 461 g/mol. The number of nitrogens with one attached hydrogen (secondary N) is 1. The molecule has 0 aliphatic rings. The SMILES string of the molecule is O=C(Nc1ccc(Br)c(Cl)c1)c1cc(Br)ccc1Br. The molecule has 0 heterocycles. The molecule has 0 saturated carbocycles. The molecule has 2 rings (SSSR count). The number of halogens is 4. The first-order valence-electron chi connectivity index (χ1n) is 5.19. The summed E-state index contributed by atoms with van der Waals surface area (Å²) in [6.07, 6.45) is 0. The minimum absolute atomic E-state index is 0.202. The van der Waals surface area contributed by atoms with Crippen molar-refractivity contribution in [3.05, 3.63) is 60.4 Å². The third-order valence-electron chi connectivity index (χ3n) is 2.35. The van der Waals surface area contributed by atoms with Crippen molar-refractivity contribution in [3.63, 3.8) is 0 Å². The predicted octanol–water partition coefficient (Wildman–Crippen LogP) is 5.88. The summed E-state index contributed by atoms with van der Waals surface area (Å²) in [6, 6.07) is 10.7. The highest BCUT2D eigenvalue weighted by atomic mass is 79.9. The van der Waals surface area contributed by atoms with E-state index in [0.717, 1.165) is 13.4 Å². The summed E-state index contributed by atoms with van der Waals surface area (Å²) in [5.41, 5.74) is 1.19. The van der Waals surface area contributed by atoms with Crippen molar-refractivity contribution in [2.75, 3.05) is 5.32 Å². The van der Waals surface area contributed by atoms with Crippen LogP contribution in [0.15, 0.2) is 49.8 Å². The molecule has 2 aromatic rings. The second-order valence-corrected chi connectivity index (χ2v) is 6.74. The molecular formula is C13H7Br3ClNO. The molecule has 1 amide bonds. The van der Waals surface area contributed by atoms with Crippen molar-refractivity contribution in [2.45, 2.75) is 0 Å². The van der Waals surface area contributed by atoms with E-state index in [9.17, 15) is 4.79 Å². The van der Waals surface area contributed by atoms with Crippen LogP contribution in [0.1, 0.15) is 10.4 Å². The molecule has 0 aromatic heterocycles. The number of amides is 1. The first-order valence-corrected chi connectivity index (χ1v) is 7.94. The molecule has 19 heavy (non-hydrogen) atoms. The van der Waals surface area contributed by atoms with E-state index in [0.29, 0.717) is 16.3 Å². The monoisotopic (exact) mass is 465 g/mol. The molecule has 6 heteroatoms. The quantitative estimate of drug-likeness (QED) is 0.586. The van der Waals surface area contributed by atoms with Crippen molar-refractivity contribution >= 4 is 71.0 Å². The number of benzene rings is 2. The fraction of sp³-hybridized carbons (Fsp3) is 0. The summed E-state index contributed by atoms with van der Waals surface area (Å²) in [5, 5.41) is 3.35. The summed E-state index contributed by atoms with van der Waals surface area (Å²) < 4.78 is 2.36. The summed E-state index contributed by atoms with van der Waals surface area (Å²) in [6.45, 7) is 0. The van der Waals surface area contributed by atoms with Crippen LogP contribution in [0.25, 0.3) is 0 Å². The van der Waals surface area contributed by atoms with Gasteiger partial charge in [-0.05, 0) is 68.3 Å². The van der Waals surface area contributed by atoms with E-state index in [1.165, 1.54) is 0 Å². The molecule has 0 saturated heterocycles. The van der Waals surface area contributed by atoms with E-state index in [4.69, 9.17) is 11.6 Å². The number of carbonyl (C=O) groups is 1. The van der Waals surface area contributed by atoms with Crippen molar-refractivity contribution in [2.24, 2.45) is 0 Å². The topological polar surface area (TPSA) is 29.1 Å². The maximum atomic E-state index is 12.2. The van der Waals surface area contributed by atoms with Gasteiger partial charge in [0.2, 0.25) is 0 Å². The highest BCUT2D eigenvalue weighted by Crippen LogP contribution is 2.27. The minimum Gasteiger partial charge on any atom is -0.322 e. The lowest BCUT2D eigenvalue weighted by molar-refractivity contribution is 0.102. The van der Waals surface area contributed by atoms with Crippen LogP contribution in [0.2, 0.25) is 5.02 Å². The number of carbonyl (C=O) groups excluding carboxylic acids is 1. The lowest BCUT2D eigenvalue weighted by Gasteiger charge is -2.08. The fourth-order valence-corrected chi connectivity index (χ4v) is 2.66. The van der Waals surface area contributed by atoms with Crippen molar-refractivity contribution in [3.8, 4) is 0 Å². The third kappa shape index (κ3) is 3.81. The average molecular weight is 468 g/mol. The van der Waals surface area contributed by atoms with Gasteiger partial charge in [-0.3, -0.25) is 4.79 Å². The zero-order valence-corrected chi connectivity index (χ0v) is 14.9. The number of anilines is 1. The van der Waals surface area contributed by atoms with Crippen LogP contribution >= 0.6 is 59.4 Å². The second kappa shape index (κ2) is 6.39. The van der Waals surface area contributed by atoms with Gasteiger partial charge in [-0.25, -0.2) is 0 Å². The minimum atomic E-state index is -0.202. The summed E-state index contributed by atoms with van der Waals surface area (Å²) >= 11 is 16.0. The van der Waals surface area contributed by atoms with Crippen LogP contribution in [-0.2, 0) is 0 Å². The summed E-state index contributed by atoms with van der Waals surface area (Å²) in [4.78, 5) is 12.2. The Labute approximate surface area is 140 Å². The van der Waals surface area contributed by atoms with E-state index in [-0.39, 0.29) is 5.91 Å². The van der Waals surface area contributed by atoms with Crippen molar-refractivity contribution in [1.29, 1.82) is 0 Å². The molecule has 98 valence electrons. The predicted molar refractivity (Wildman–Crippen MR) is 88.9 cm³/mol. The molecule has 1 N–H and O–H groups in total. The van der Waals surface area contributed by atoms with Crippen LogP contribution < -0.4 is 5.32 Å². The third-order valence-corrected chi connectivity index (χ3v) is 4.77. The Hall–Kier alpha value is -0.360. The van der Waals surface area contributed by atoms with Crippen molar-refractivity contribution in [1.82, 2.24) is 0 Å². The van der Waals surface area contributed by atoms with Crippen molar-refractivity contribution < 1.29 is 4.79 Å². The first kappa shape index (κ1) is 15.0. The Kier molecular flexibility index (Phi) is 5.06. The second-order valence-electron chi connectivity index (χ2n) is 3.71. The summed E-state index contributed by atoms with van der Waals surface area (Å²) in [5.74, 6) is -0.202. The standard InChI is InChI=1S/C13H7Br3ClNO/c14-7-1-3-10(15)9(5-7)13(19)18-8-2-4-11(16)12(17)6-8/h1-6H,(H,18,19). The fourth-order valence-electron chi connectivity index (χ4n) is 1.44. The Balaban J connectivity index is 2.25. The highest BCUT2D eigenvalue weighted by Gasteiger charge is 2.11. The van der Waals surface area contributed by atoms with Gasteiger partial charge in [-0.2, -0.15) is 0 Å². The molecule has 0 unspecified atom stereocenters. The van der Waals surface area contributed by atoms with E-state index >= 15 is 0 Å². The van der Waals surface area contributed by atoms with Gasteiger partial charge in [-0.15, -0.1) is 0 Å². The van der Waals surface area contributed by atoms with Crippen LogP contribution in [-0.4, -0.2) is 5.91 Å². The molecule has 0 radical (unpaired) electrons. The molecule has 0 fully saturated rings. The maximum Gasteiger partial charge on any atom is 0.256 e. The zero-order valence-electron chi connectivity index (χ0n) is 9.38.